The Morgan fingerprint density at radius 2 is 2.25 bits per heavy atom. The first-order chi connectivity index (χ1) is 7.56. The first-order valence-electron chi connectivity index (χ1n) is 6.16. The quantitative estimate of drug-likeness (QED) is 0.748. The summed E-state index contributed by atoms with van der Waals surface area (Å²) in [5.41, 5.74) is 0.158. The second-order valence-corrected chi connectivity index (χ2v) is 6.10. The van der Waals surface area contributed by atoms with Crippen LogP contribution in [-0.2, 0) is 4.79 Å². The zero-order valence-corrected chi connectivity index (χ0v) is 11.5. The molecule has 4 heteroatoms. The van der Waals surface area contributed by atoms with Crippen LogP contribution in [0.3, 0.4) is 0 Å². The summed E-state index contributed by atoms with van der Waals surface area (Å²) >= 11 is 1.98. The Balaban J connectivity index is 2.31. The maximum Gasteiger partial charge on any atom is 0.234 e. The smallest absolute Gasteiger partial charge is 0.234 e. The summed E-state index contributed by atoms with van der Waals surface area (Å²) < 4.78 is 0. The van der Waals surface area contributed by atoms with E-state index in [9.17, 15) is 4.79 Å². The molecule has 0 unspecified atom stereocenters. The molecule has 1 aliphatic heterocycles. The molecule has 94 valence electrons. The van der Waals surface area contributed by atoms with E-state index in [1.54, 1.807) is 0 Å². The third-order valence-corrected chi connectivity index (χ3v) is 4.39. The number of amides is 1. The molecule has 0 spiro atoms. The number of thioether (sulfide) groups is 1. The van der Waals surface area contributed by atoms with Gasteiger partial charge in [-0.3, -0.25) is 9.69 Å². The lowest BCUT2D eigenvalue weighted by Crippen LogP contribution is -2.53. The molecule has 16 heavy (non-hydrogen) atoms. The molecule has 0 atom stereocenters. The first-order valence-corrected chi connectivity index (χ1v) is 7.31. The van der Waals surface area contributed by atoms with Crippen LogP contribution in [-0.4, -0.2) is 47.5 Å². The van der Waals surface area contributed by atoms with Crippen molar-refractivity contribution in [3.8, 4) is 0 Å². The van der Waals surface area contributed by atoms with Crippen LogP contribution >= 0.6 is 11.8 Å². The second-order valence-electron chi connectivity index (χ2n) is 4.99. The van der Waals surface area contributed by atoms with Crippen molar-refractivity contribution in [2.75, 3.05) is 31.1 Å². The Labute approximate surface area is 103 Å². The van der Waals surface area contributed by atoms with Gasteiger partial charge in [0.05, 0.1) is 6.54 Å². The molecule has 0 aliphatic carbocycles. The van der Waals surface area contributed by atoms with Crippen molar-refractivity contribution < 1.29 is 4.79 Å². The lowest BCUT2D eigenvalue weighted by atomic mass is 10.1. The average molecular weight is 244 g/mol. The van der Waals surface area contributed by atoms with Gasteiger partial charge in [-0.1, -0.05) is 13.3 Å². The highest BCUT2D eigenvalue weighted by molar-refractivity contribution is 7.99. The van der Waals surface area contributed by atoms with Crippen LogP contribution in [0.1, 0.15) is 33.6 Å². The summed E-state index contributed by atoms with van der Waals surface area (Å²) in [7, 11) is 0. The highest BCUT2D eigenvalue weighted by Crippen LogP contribution is 2.25. The van der Waals surface area contributed by atoms with Crippen molar-refractivity contribution in [2.45, 2.75) is 39.2 Å². The Kier molecular flexibility index (Phi) is 5.62. The molecular formula is C12H24N2OS. The third-order valence-electron chi connectivity index (χ3n) is 3.00. The molecule has 1 amide bonds. The zero-order chi connectivity index (χ0) is 12.0. The minimum Gasteiger partial charge on any atom is -0.355 e. The molecule has 0 aromatic rings. The lowest BCUT2D eigenvalue weighted by Gasteiger charge is -2.41. The number of hydrogen-bond acceptors (Lipinski definition) is 3. The molecule has 0 bridgehead atoms. The maximum absolute atomic E-state index is 11.7. The van der Waals surface area contributed by atoms with E-state index in [1.165, 1.54) is 0 Å². The minimum atomic E-state index is 0.158. The largest absolute Gasteiger partial charge is 0.355 e. The third kappa shape index (κ3) is 4.34. The second kappa shape index (κ2) is 6.50. The fourth-order valence-corrected chi connectivity index (χ4v) is 2.99. The summed E-state index contributed by atoms with van der Waals surface area (Å²) in [5, 5.41) is 2.98. The van der Waals surface area contributed by atoms with E-state index < -0.39 is 0 Å². The monoisotopic (exact) mass is 244 g/mol. The van der Waals surface area contributed by atoms with Crippen LogP contribution < -0.4 is 5.32 Å². The predicted octanol–water partition coefficient (Wildman–Crippen LogP) is 1.73. The Morgan fingerprint density at radius 3 is 2.88 bits per heavy atom. The zero-order valence-electron chi connectivity index (χ0n) is 10.7. The summed E-state index contributed by atoms with van der Waals surface area (Å²) in [5.74, 6) is 2.44. The molecule has 1 rings (SSSR count). The minimum absolute atomic E-state index is 0.158. The molecule has 1 fully saturated rings. The van der Waals surface area contributed by atoms with Crippen molar-refractivity contribution in [2.24, 2.45) is 0 Å². The van der Waals surface area contributed by atoms with Gasteiger partial charge < -0.3 is 5.32 Å². The van der Waals surface area contributed by atoms with E-state index in [2.05, 4.69) is 31.0 Å². The molecule has 1 N–H and O–H groups in total. The molecule has 1 heterocycles. The fourth-order valence-electron chi connectivity index (χ4n) is 1.82. The summed E-state index contributed by atoms with van der Waals surface area (Å²) in [4.78, 5) is 14.0. The molecule has 0 saturated carbocycles. The van der Waals surface area contributed by atoms with Crippen LogP contribution in [0, 0.1) is 0 Å². The summed E-state index contributed by atoms with van der Waals surface area (Å²) in [6, 6.07) is 0. The van der Waals surface area contributed by atoms with Crippen molar-refractivity contribution in [3.05, 3.63) is 0 Å². The highest BCUT2D eigenvalue weighted by atomic mass is 32.2. The van der Waals surface area contributed by atoms with E-state index in [0.717, 1.165) is 37.4 Å². The van der Waals surface area contributed by atoms with Gasteiger partial charge in [0.2, 0.25) is 5.91 Å². The molecule has 1 aliphatic rings. The number of carbonyl (C=O) groups excluding carboxylic acids is 1. The van der Waals surface area contributed by atoms with Gasteiger partial charge in [-0.2, -0.15) is 11.8 Å². The van der Waals surface area contributed by atoms with Crippen LogP contribution in [0.5, 0.6) is 0 Å². The number of nitrogens with one attached hydrogen (secondary N) is 1. The number of rotatable bonds is 5. The normalized spacial score (nSPS) is 20.7. The van der Waals surface area contributed by atoms with Crippen LogP contribution in [0.15, 0.2) is 0 Å². The van der Waals surface area contributed by atoms with Gasteiger partial charge in [0, 0.05) is 30.1 Å². The van der Waals surface area contributed by atoms with Gasteiger partial charge in [-0.15, -0.1) is 0 Å². The summed E-state index contributed by atoms with van der Waals surface area (Å²) in [6.07, 6.45) is 2.21. The fraction of sp³-hybridized carbons (Fsp3) is 0.917. The van der Waals surface area contributed by atoms with Crippen LogP contribution in [0.25, 0.3) is 0 Å². The van der Waals surface area contributed by atoms with E-state index in [-0.39, 0.29) is 11.4 Å². The maximum atomic E-state index is 11.7. The van der Waals surface area contributed by atoms with Crippen molar-refractivity contribution >= 4 is 17.7 Å². The number of nitrogens with zero attached hydrogens (tertiary/aromatic N) is 1. The van der Waals surface area contributed by atoms with Crippen molar-refractivity contribution in [3.63, 3.8) is 0 Å². The first kappa shape index (κ1) is 13.8. The SMILES string of the molecule is CCCCNC(=O)CN1CCSCC1(C)C. The van der Waals surface area contributed by atoms with Gasteiger partial charge in [0.25, 0.3) is 0 Å². The predicted molar refractivity (Wildman–Crippen MR) is 70.9 cm³/mol. The van der Waals surface area contributed by atoms with Gasteiger partial charge in [0.1, 0.15) is 0 Å². The highest BCUT2D eigenvalue weighted by Gasteiger charge is 2.30. The van der Waals surface area contributed by atoms with E-state index in [1.807, 2.05) is 11.8 Å². The van der Waals surface area contributed by atoms with Gasteiger partial charge >= 0.3 is 0 Å². The Bertz CT molecular complexity index is 231. The van der Waals surface area contributed by atoms with Gasteiger partial charge in [-0.25, -0.2) is 0 Å². The Morgan fingerprint density at radius 1 is 1.50 bits per heavy atom. The van der Waals surface area contributed by atoms with E-state index in [0.29, 0.717) is 6.54 Å². The summed E-state index contributed by atoms with van der Waals surface area (Å²) in [6.45, 7) is 8.97. The standard InChI is InChI=1S/C12H24N2OS/c1-4-5-6-13-11(15)9-14-7-8-16-10-12(14,2)3/h4-10H2,1-3H3,(H,13,15). The van der Waals surface area contributed by atoms with Crippen LogP contribution in [0.4, 0.5) is 0 Å². The van der Waals surface area contributed by atoms with E-state index >= 15 is 0 Å². The Hall–Kier alpha value is -0.220. The van der Waals surface area contributed by atoms with E-state index in [4.69, 9.17) is 0 Å². The number of hydrogen-bond donors (Lipinski definition) is 1. The number of unbranched alkanes of at least 4 members (excludes halogenated alkanes) is 1. The van der Waals surface area contributed by atoms with Gasteiger partial charge in [0.15, 0.2) is 0 Å². The average Bonchev–Trinajstić information content (AvgIpc) is 2.21. The number of carbonyl (C=O) groups is 1. The van der Waals surface area contributed by atoms with Crippen molar-refractivity contribution in [1.29, 1.82) is 0 Å². The molecule has 0 aromatic carbocycles. The van der Waals surface area contributed by atoms with Gasteiger partial charge in [-0.05, 0) is 20.3 Å². The van der Waals surface area contributed by atoms with Crippen molar-refractivity contribution in [1.82, 2.24) is 10.2 Å². The van der Waals surface area contributed by atoms with Crippen LogP contribution in [0.2, 0.25) is 0 Å². The molecule has 0 aromatic heterocycles. The molecular weight excluding hydrogens is 220 g/mol. The molecule has 1 saturated heterocycles. The molecule has 0 radical (unpaired) electrons. The topological polar surface area (TPSA) is 32.3 Å². The lowest BCUT2D eigenvalue weighted by molar-refractivity contribution is -0.123. The molecule has 3 nitrogen and oxygen atoms in total.